The van der Waals surface area contributed by atoms with E-state index in [0.29, 0.717) is 4.67 Å². The van der Waals surface area contributed by atoms with Gasteiger partial charge >= 0.3 is 0 Å². The Morgan fingerprint density at radius 3 is 2.53 bits per heavy atom. The zero-order valence-electron chi connectivity index (χ0n) is 7.96. The number of hydrogen-bond donors (Lipinski definition) is 1. The summed E-state index contributed by atoms with van der Waals surface area (Å²) in [4.78, 5) is 0. The molecule has 0 saturated heterocycles. The smallest absolute Gasteiger partial charge is 0.169 e. The monoisotopic (exact) mass is 333 g/mol. The zero-order chi connectivity index (χ0) is 10.8. The van der Waals surface area contributed by atoms with E-state index in [0.717, 1.165) is 16.0 Å². The summed E-state index contributed by atoms with van der Waals surface area (Å²) in [6.45, 7) is 0. The van der Waals surface area contributed by atoms with Crippen molar-refractivity contribution in [1.82, 2.24) is 5.32 Å². The highest BCUT2D eigenvalue weighted by molar-refractivity contribution is 9.10. The van der Waals surface area contributed by atoms with Crippen molar-refractivity contribution in [2.75, 3.05) is 7.05 Å². The largest absolute Gasteiger partial charge is 0.466 e. The highest BCUT2D eigenvalue weighted by Crippen LogP contribution is 2.31. The van der Waals surface area contributed by atoms with Crippen molar-refractivity contribution < 1.29 is 8.83 Å². The van der Waals surface area contributed by atoms with Crippen molar-refractivity contribution in [2.45, 2.75) is 6.04 Å². The maximum Gasteiger partial charge on any atom is 0.169 e. The van der Waals surface area contributed by atoms with Crippen LogP contribution >= 0.6 is 31.9 Å². The molecule has 2 rings (SSSR count). The van der Waals surface area contributed by atoms with E-state index in [-0.39, 0.29) is 6.04 Å². The molecule has 0 saturated carbocycles. The Balaban J connectivity index is 2.36. The van der Waals surface area contributed by atoms with Gasteiger partial charge in [-0.05, 0) is 57.1 Å². The van der Waals surface area contributed by atoms with Crippen molar-refractivity contribution in [3.8, 4) is 0 Å². The first kappa shape index (κ1) is 11.0. The predicted octanol–water partition coefficient (Wildman–Crippen LogP) is 3.71. The fourth-order valence-corrected chi connectivity index (χ4v) is 2.15. The van der Waals surface area contributed by atoms with Gasteiger partial charge in [-0.3, -0.25) is 0 Å². The van der Waals surface area contributed by atoms with Gasteiger partial charge in [-0.2, -0.15) is 0 Å². The van der Waals surface area contributed by atoms with Crippen LogP contribution in [0.2, 0.25) is 0 Å². The molecular formula is C10H9Br2NO2. The van der Waals surface area contributed by atoms with Gasteiger partial charge in [0.05, 0.1) is 10.7 Å². The van der Waals surface area contributed by atoms with Crippen LogP contribution in [0.4, 0.5) is 0 Å². The number of nitrogens with one attached hydrogen (secondary N) is 1. The van der Waals surface area contributed by atoms with E-state index in [1.54, 1.807) is 6.26 Å². The van der Waals surface area contributed by atoms with Gasteiger partial charge in [-0.15, -0.1) is 0 Å². The number of halogens is 2. The maximum atomic E-state index is 5.49. The molecule has 0 amide bonds. The van der Waals surface area contributed by atoms with E-state index in [9.17, 15) is 0 Å². The summed E-state index contributed by atoms with van der Waals surface area (Å²) >= 11 is 6.70. The summed E-state index contributed by atoms with van der Waals surface area (Å²) < 4.78 is 12.5. The molecule has 0 spiro atoms. The molecule has 0 aliphatic rings. The topological polar surface area (TPSA) is 38.3 Å². The Labute approximate surface area is 104 Å². The van der Waals surface area contributed by atoms with E-state index in [1.807, 2.05) is 25.2 Å². The van der Waals surface area contributed by atoms with Gasteiger partial charge in [0.15, 0.2) is 4.67 Å². The van der Waals surface area contributed by atoms with Crippen LogP contribution in [0.3, 0.4) is 0 Å². The summed E-state index contributed by atoms with van der Waals surface area (Å²) in [6, 6.07) is 5.54. The van der Waals surface area contributed by atoms with E-state index < -0.39 is 0 Å². The average Bonchev–Trinajstić information content (AvgIpc) is 2.79. The van der Waals surface area contributed by atoms with Crippen molar-refractivity contribution >= 4 is 31.9 Å². The van der Waals surface area contributed by atoms with Crippen LogP contribution in [-0.4, -0.2) is 7.05 Å². The van der Waals surface area contributed by atoms with Gasteiger partial charge in [0.2, 0.25) is 0 Å². The van der Waals surface area contributed by atoms with Gasteiger partial charge in [0.25, 0.3) is 0 Å². The van der Waals surface area contributed by atoms with Gasteiger partial charge in [0, 0.05) is 0 Å². The first-order chi connectivity index (χ1) is 7.22. The molecule has 3 nitrogen and oxygen atoms in total. The molecule has 5 heteroatoms. The van der Waals surface area contributed by atoms with E-state index in [1.165, 1.54) is 0 Å². The van der Waals surface area contributed by atoms with Gasteiger partial charge in [-0.1, -0.05) is 0 Å². The van der Waals surface area contributed by atoms with Crippen LogP contribution in [0, 0.1) is 0 Å². The van der Waals surface area contributed by atoms with Crippen LogP contribution in [0.15, 0.2) is 42.4 Å². The summed E-state index contributed by atoms with van der Waals surface area (Å²) in [5, 5.41) is 3.14. The number of rotatable bonds is 3. The highest BCUT2D eigenvalue weighted by atomic mass is 79.9. The van der Waals surface area contributed by atoms with Crippen LogP contribution in [0.1, 0.15) is 17.6 Å². The fraction of sp³-hybridized carbons (Fsp3) is 0.200. The molecule has 80 valence electrons. The Morgan fingerprint density at radius 2 is 2.07 bits per heavy atom. The molecule has 1 N–H and O–H groups in total. The van der Waals surface area contributed by atoms with E-state index in [4.69, 9.17) is 8.83 Å². The summed E-state index contributed by atoms with van der Waals surface area (Å²) in [6.07, 6.45) is 1.64. The highest BCUT2D eigenvalue weighted by Gasteiger charge is 2.21. The van der Waals surface area contributed by atoms with Crippen molar-refractivity contribution in [3.05, 3.63) is 45.1 Å². The van der Waals surface area contributed by atoms with E-state index in [2.05, 4.69) is 37.2 Å². The molecule has 0 aromatic carbocycles. The van der Waals surface area contributed by atoms with Crippen LogP contribution in [-0.2, 0) is 0 Å². The standard InChI is InChI=1S/C10H9Br2NO2/c1-13-9(7-2-3-8(12)15-7)10-6(11)4-5-14-10/h2-5,9,13H,1H3. The first-order valence-electron chi connectivity index (χ1n) is 4.37. The molecule has 0 aliphatic carbocycles. The second-order valence-electron chi connectivity index (χ2n) is 3.00. The second-order valence-corrected chi connectivity index (χ2v) is 4.63. The lowest BCUT2D eigenvalue weighted by atomic mass is 10.2. The maximum absolute atomic E-state index is 5.49. The molecular weight excluding hydrogens is 326 g/mol. The molecule has 1 atom stereocenters. The Bertz CT molecular complexity index is 450. The predicted molar refractivity (Wildman–Crippen MR) is 63.7 cm³/mol. The van der Waals surface area contributed by atoms with Gasteiger partial charge in [0.1, 0.15) is 17.6 Å². The molecule has 0 aliphatic heterocycles. The molecule has 2 aromatic rings. The lowest BCUT2D eigenvalue weighted by Crippen LogP contribution is -2.16. The number of hydrogen-bond acceptors (Lipinski definition) is 3. The third-order valence-corrected chi connectivity index (χ3v) is 3.16. The zero-order valence-corrected chi connectivity index (χ0v) is 11.1. The Morgan fingerprint density at radius 1 is 1.27 bits per heavy atom. The third-order valence-electron chi connectivity index (χ3n) is 2.07. The quantitative estimate of drug-likeness (QED) is 0.930. The van der Waals surface area contributed by atoms with Gasteiger partial charge in [-0.25, -0.2) is 0 Å². The normalized spacial score (nSPS) is 13.0. The molecule has 0 bridgehead atoms. The Hall–Kier alpha value is -0.520. The van der Waals surface area contributed by atoms with E-state index >= 15 is 0 Å². The second kappa shape index (κ2) is 4.55. The minimum atomic E-state index is -0.0827. The van der Waals surface area contributed by atoms with Crippen molar-refractivity contribution in [1.29, 1.82) is 0 Å². The van der Waals surface area contributed by atoms with Gasteiger partial charge < -0.3 is 14.2 Å². The third kappa shape index (κ3) is 2.19. The Kier molecular flexibility index (Phi) is 3.33. The van der Waals surface area contributed by atoms with Crippen molar-refractivity contribution in [3.63, 3.8) is 0 Å². The summed E-state index contributed by atoms with van der Waals surface area (Å²) in [5.41, 5.74) is 0. The summed E-state index contributed by atoms with van der Waals surface area (Å²) in [7, 11) is 1.86. The van der Waals surface area contributed by atoms with Crippen LogP contribution < -0.4 is 5.32 Å². The first-order valence-corrected chi connectivity index (χ1v) is 5.96. The minimum Gasteiger partial charge on any atom is -0.466 e. The minimum absolute atomic E-state index is 0.0827. The molecule has 0 radical (unpaired) electrons. The molecule has 2 heterocycles. The van der Waals surface area contributed by atoms with Crippen LogP contribution in [0.5, 0.6) is 0 Å². The average molecular weight is 335 g/mol. The van der Waals surface area contributed by atoms with Crippen LogP contribution in [0.25, 0.3) is 0 Å². The summed E-state index contributed by atoms with van der Waals surface area (Å²) in [5.74, 6) is 1.61. The lowest BCUT2D eigenvalue weighted by molar-refractivity contribution is 0.394. The fourth-order valence-electron chi connectivity index (χ4n) is 1.40. The molecule has 1 unspecified atom stereocenters. The molecule has 2 aromatic heterocycles. The van der Waals surface area contributed by atoms with Crippen molar-refractivity contribution in [2.24, 2.45) is 0 Å². The number of furan rings is 2. The molecule has 15 heavy (non-hydrogen) atoms. The SMILES string of the molecule is CNC(c1ccc(Br)o1)c1occc1Br. The molecule has 0 fully saturated rings. The lowest BCUT2D eigenvalue weighted by Gasteiger charge is -2.10.